The van der Waals surface area contributed by atoms with Crippen molar-refractivity contribution in [3.63, 3.8) is 0 Å². The van der Waals surface area contributed by atoms with Crippen LogP contribution in [0.3, 0.4) is 0 Å². The standard InChI is InChI=1S/C17H20F2N2O2S/c18-13-6-7-14(19)15(10-13)24-11-16(22)21-17(23)20-9-8-12-4-2-1-3-5-12/h4,6-7,10H,1-3,5,8-9,11H2,(H2,20,21,22,23). The first-order valence-corrected chi connectivity index (χ1v) is 8.86. The van der Waals surface area contributed by atoms with E-state index in [0.29, 0.717) is 6.54 Å². The van der Waals surface area contributed by atoms with Crippen LogP contribution in [0.1, 0.15) is 32.1 Å². The minimum atomic E-state index is -0.598. The van der Waals surface area contributed by atoms with E-state index in [-0.39, 0.29) is 10.6 Å². The fraction of sp³-hybridized carbons (Fsp3) is 0.412. The van der Waals surface area contributed by atoms with E-state index in [4.69, 9.17) is 0 Å². The topological polar surface area (TPSA) is 58.2 Å². The van der Waals surface area contributed by atoms with E-state index >= 15 is 0 Å². The number of benzene rings is 1. The molecule has 0 spiro atoms. The summed E-state index contributed by atoms with van der Waals surface area (Å²) in [6, 6.07) is 2.46. The molecule has 3 amide bonds. The number of imide groups is 1. The third-order valence-corrected chi connectivity index (χ3v) is 4.65. The molecule has 2 N–H and O–H groups in total. The molecule has 0 aliphatic heterocycles. The molecule has 7 heteroatoms. The third kappa shape index (κ3) is 6.31. The van der Waals surface area contributed by atoms with E-state index < -0.39 is 23.6 Å². The summed E-state index contributed by atoms with van der Waals surface area (Å²) >= 11 is 0.842. The molecule has 0 saturated heterocycles. The van der Waals surface area contributed by atoms with Gasteiger partial charge in [0.15, 0.2) is 0 Å². The number of allylic oxidation sites excluding steroid dienone is 1. The Balaban J connectivity index is 1.67. The number of carbonyl (C=O) groups excluding carboxylic acids is 2. The lowest BCUT2D eigenvalue weighted by Gasteiger charge is -2.13. The predicted molar refractivity (Wildman–Crippen MR) is 89.8 cm³/mol. The lowest BCUT2D eigenvalue weighted by atomic mass is 9.97. The van der Waals surface area contributed by atoms with Gasteiger partial charge in [0.25, 0.3) is 0 Å². The first-order valence-electron chi connectivity index (χ1n) is 7.88. The van der Waals surface area contributed by atoms with Gasteiger partial charge in [0, 0.05) is 11.4 Å². The van der Waals surface area contributed by atoms with Crippen LogP contribution in [0.2, 0.25) is 0 Å². The fourth-order valence-electron chi connectivity index (χ4n) is 2.41. The maximum absolute atomic E-state index is 13.4. The molecular formula is C17H20F2N2O2S. The molecule has 130 valence electrons. The smallest absolute Gasteiger partial charge is 0.321 e. The van der Waals surface area contributed by atoms with Crippen molar-refractivity contribution < 1.29 is 18.4 Å². The van der Waals surface area contributed by atoms with Crippen molar-refractivity contribution >= 4 is 23.7 Å². The maximum atomic E-state index is 13.4. The number of hydrogen-bond acceptors (Lipinski definition) is 3. The summed E-state index contributed by atoms with van der Waals surface area (Å²) in [6.07, 6.45) is 7.55. The second-order valence-electron chi connectivity index (χ2n) is 5.53. The molecule has 0 radical (unpaired) electrons. The molecule has 1 aromatic carbocycles. The molecule has 2 rings (SSSR count). The van der Waals surface area contributed by atoms with Crippen LogP contribution in [0.4, 0.5) is 13.6 Å². The van der Waals surface area contributed by atoms with Crippen molar-refractivity contribution in [2.75, 3.05) is 12.3 Å². The van der Waals surface area contributed by atoms with Crippen LogP contribution in [0.5, 0.6) is 0 Å². The molecule has 1 aliphatic rings. The van der Waals surface area contributed by atoms with Crippen molar-refractivity contribution in [1.82, 2.24) is 10.6 Å². The summed E-state index contributed by atoms with van der Waals surface area (Å²) in [4.78, 5) is 23.3. The highest BCUT2D eigenvalue weighted by atomic mass is 32.2. The number of thioether (sulfide) groups is 1. The summed E-state index contributed by atoms with van der Waals surface area (Å²) in [5.74, 6) is -1.90. The SMILES string of the molecule is O=C(CSc1cc(F)ccc1F)NC(=O)NCCC1=CCCCC1. The molecule has 0 saturated carbocycles. The van der Waals surface area contributed by atoms with Gasteiger partial charge in [0.05, 0.1) is 5.75 Å². The molecule has 0 unspecified atom stereocenters. The summed E-state index contributed by atoms with van der Waals surface area (Å²) in [7, 11) is 0. The molecule has 4 nitrogen and oxygen atoms in total. The van der Waals surface area contributed by atoms with E-state index in [1.165, 1.54) is 18.4 Å². The molecule has 0 atom stereocenters. The highest BCUT2D eigenvalue weighted by Gasteiger charge is 2.11. The Kier molecular flexibility index (Phi) is 7.24. The molecule has 24 heavy (non-hydrogen) atoms. The van der Waals surface area contributed by atoms with Gasteiger partial charge >= 0.3 is 6.03 Å². The maximum Gasteiger partial charge on any atom is 0.321 e. The summed E-state index contributed by atoms with van der Waals surface area (Å²) < 4.78 is 26.4. The van der Waals surface area contributed by atoms with Crippen LogP contribution in [0.15, 0.2) is 34.7 Å². The van der Waals surface area contributed by atoms with E-state index in [2.05, 4.69) is 16.7 Å². The number of amides is 3. The first kappa shape index (κ1) is 18.4. The van der Waals surface area contributed by atoms with Gasteiger partial charge in [0.2, 0.25) is 5.91 Å². The Hall–Kier alpha value is -1.89. The summed E-state index contributed by atoms with van der Waals surface area (Å²) in [6.45, 7) is 0.469. The van der Waals surface area contributed by atoms with Crippen molar-refractivity contribution in [2.45, 2.75) is 37.0 Å². The molecule has 0 aromatic heterocycles. The van der Waals surface area contributed by atoms with Crippen LogP contribution < -0.4 is 10.6 Å². The second kappa shape index (κ2) is 9.42. The Labute approximate surface area is 144 Å². The monoisotopic (exact) mass is 354 g/mol. The summed E-state index contributed by atoms with van der Waals surface area (Å²) in [5, 5.41) is 4.80. The molecule has 0 heterocycles. The van der Waals surface area contributed by atoms with Gasteiger partial charge < -0.3 is 5.32 Å². The number of nitrogens with one attached hydrogen (secondary N) is 2. The van der Waals surface area contributed by atoms with Gasteiger partial charge in [-0.1, -0.05) is 11.6 Å². The minimum absolute atomic E-state index is 0.0368. The van der Waals surface area contributed by atoms with Crippen LogP contribution in [0, 0.1) is 11.6 Å². The molecule has 0 fully saturated rings. The van der Waals surface area contributed by atoms with Gasteiger partial charge in [-0.2, -0.15) is 0 Å². The highest BCUT2D eigenvalue weighted by molar-refractivity contribution is 8.00. The van der Waals surface area contributed by atoms with Crippen molar-refractivity contribution in [3.8, 4) is 0 Å². The Morgan fingerprint density at radius 1 is 1.21 bits per heavy atom. The largest absolute Gasteiger partial charge is 0.337 e. The normalized spacial score (nSPS) is 14.0. The van der Waals surface area contributed by atoms with Gasteiger partial charge in [-0.15, -0.1) is 11.8 Å². The van der Waals surface area contributed by atoms with E-state index in [1.807, 2.05) is 0 Å². The minimum Gasteiger partial charge on any atom is -0.337 e. The Morgan fingerprint density at radius 3 is 2.79 bits per heavy atom. The Morgan fingerprint density at radius 2 is 2.04 bits per heavy atom. The molecule has 0 bridgehead atoms. The zero-order chi connectivity index (χ0) is 17.4. The van der Waals surface area contributed by atoms with Gasteiger partial charge in [-0.25, -0.2) is 13.6 Å². The first-order chi connectivity index (χ1) is 11.5. The lowest BCUT2D eigenvalue weighted by Crippen LogP contribution is -2.40. The zero-order valence-electron chi connectivity index (χ0n) is 13.2. The predicted octanol–water partition coefficient (Wildman–Crippen LogP) is 3.77. The second-order valence-corrected chi connectivity index (χ2v) is 6.54. The van der Waals surface area contributed by atoms with Crippen LogP contribution in [-0.2, 0) is 4.79 Å². The summed E-state index contributed by atoms with van der Waals surface area (Å²) in [5.41, 5.74) is 1.34. The third-order valence-electron chi connectivity index (χ3n) is 3.62. The molecule has 1 aliphatic carbocycles. The van der Waals surface area contributed by atoms with Crippen LogP contribution in [0.25, 0.3) is 0 Å². The van der Waals surface area contributed by atoms with Gasteiger partial charge in [0.1, 0.15) is 11.6 Å². The average molecular weight is 354 g/mol. The average Bonchev–Trinajstić information content (AvgIpc) is 2.56. The number of rotatable bonds is 6. The van der Waals surface area contributed by atoms with Crippen molar-refractivity contribution in [3.05, 3.63) is 41.5 Å². The van der Waals surface area contributed by atoms with Gasteiger partial charge in [-0.05, 0) is 50.3 Å². The van der Waals surface area contributed by atoms with Crippen LogP contribution in [-0.4, -0.2) is 24.2 Å². The van der Waals surface area contributed by atoms with Gasteiger partial charge in [-0.3, -0.25) is 10.1 Å². The van der Waals surface area contributed by atoms with Crippen molar-refractivity contribution in [1.29, 1.82) is 0 Å². The quantitative estimate of drug-likeness (QED) is 0.604. The van der Waals surface area contributed by atoms with Crippen molar-refractivity contribution in [2.24, 2.45) is 0 Å². The number of hydrogen-bond donors (Lipinski definition) is 2. The highest BCUT2D eigenvalue weighted by Crippen LogP contribution is 2.22. The van der Waals surface area contributed by atoms with E-state index in [0.717, 1.165) is 49.2 Å². The number of halogens is 2. The molecular weight excluding hydrogens is 334 g/mol. The zero-order valence-corrected chi connectivity index (χ0v) is 14.1. The van der Waals surface area contributed by atoms with E-state index in [1.54, 1.807) is 0 Å². The van der Waals surface area contributed by atoms with E-state index in [9.17, 15) is 18.4 Å². The molecule has 1 aromatic rings. The number of carbonyl (C=O) groups is 2. The number of urea groups is 1. The van der Waals surface area contributed by atoms with Crippen LogP contribution >= 0.6 is 11.8 Å². The Bertz CT molecular complexity index is 635. The fourth-order valence-corrected chi connectivity index (χ4v) is 3.17. The lowest BCUT2D eigenvalue weighted by molar-refractivity contribution is -0.117.